The van der Waals surface area contributed by atoms with E-state index < -0.39 is 0 Å². The monoisotopic (exact) mass is 392 g/mol. The van der Waals surface area contributed by atoms with Gasteiger partial charge in [0.05, 0.1) is 24.0 Å². The van der Waals surface area contributed by atoms with Crippen molar-refractivity contribution >= 4 is 27.2 Å². The first kappa shape index (κ1) is 17.3. The number of thiophene rings is 1. The molecule has 4 heterocycles. The van der Waals surface area contributed by atoms with Crippen LogP contribution in [0.3, 0.4) is 0 Å². The molecule has 0 aromatic carbocycles. The summed E-state index contributed by atoms with van der Waals surface area (Å²) in [5, 5.41) is 0.753. The van der Waals surface area contributed by atoms with Crippen molar-refractivity contribution in [3.8, 4) is 0 Å². The summed E-state index contributed by atoms with van der Waals surface area (Å²) in [5.41, 5.74) is 2.99. The van der Waals surface area contributed by atoms with Gasteiger partial charge in [-0.3, -0.25) is 18.6 Å². The van der Waals surface area contributed by atoms with E-state index in [1.54, 1.807) is 32.7 Å². The summed E-state index contributed by atoms with van der Waals surface area (Å²) in [6, 6.07) is 7.05. The van der Waals surface area contributed by atoms with Gasteiger partial charge in [-0.1, -0.05) is 13.0 Å². The molecule has 6 nitrogen and oxygen atoms in total. The first-order valence-corrected chi connectivity index (χ1v) is 10.3. The van der Waals surface area contributed by atoms with E-state index >= 15 is 0 Å². The summed E-state index contributed by atoms with van der Waals surface area (Å²) in [6.45, 7) is 4.37. The third-order valence-electron chi connectivity index (χ3n) is 5.55. The second kappa shape index (κ2) is 6.38. The lowest BCUT2D eigenvalue weighted by molar-refractivity contribution is 0.509. The van der Waals surface area contributed by atoms with Gasteiger partial charge in [0.2, 0.25) is 0 Å². The molecule has 0 N–H and O–H groups in total. The van der Waals surface area contributed by atoms with Crippen LogP contribution in [0.5, 0.6) is 0 Å². The zero-order valence-corrected chi connectivity index (χ0v) is 16.6. The third kappa shape index (κ3) is 2.69. The van der Waals surface area contributed by atoms with Crippen LogP contribution in [0, 0.1) is 12.8 Å². The summed E-state index contributed by atoms with van der Waals surface area (Å²) in [4.78, 5) is 36.9. The number of aryl methyl sites for hydroxylation is 2. The van der Waals surface area contributed by atoms with E-state index in [-0.39, 0.29) is 17.7 Å². The Morgan fingerprint density at radius 3 is 3.00 bits per heavy atom. The molecule has 0 spiro atoms. The fraction of sp³-hybridized carbons (Fsp3) is 0.333. The molecular formula is C21H20N4O2S. The zero-order chi connectivity index (χ0) is 19.4. The van der Waals surface area contributed by atoms with Crippen LogP contribution in [0.2, 0.25) is 0 Å². The minimum Gasteiger partial charge on any atom is -0.293 e. The molecular weight excluding hydrogens is 372 g/mol. The second-order valence-corrected chi connectivity index (χ2v) is 8.74. The fourth-order valence-corrected chi connectivity index (χ4v) is 5.44. The SMILES string of the molecule is Cc1cccc2nc(Cn3cnc4sc5c(c4c3=O)CCC(C)C5)cc(=O)n12. The normalized spacial score (nSPS) is 16.6. The van der Waals surface area contributed by atoms with Crippen molar-refractivity contribution in [1.29, 1.82) is 0 Å². The number of fused-ring (bicyclic) bond motifs is 4. The van der Waals surface area contributed by atoms with Gasteiger partial charge in [0, 0.05) is 16.6 Å². The molecule has 0 radical (unpaired) electrons. The van der Waals surface area contributed by atoms with Gasteiger partial charge in [0.25, 0.3) is 11.1 Å². The highest BCUT2D eigenvalue weighted by atomic mass is 32.1. The molecule has 7 heteroatoms. The molecule has 0 amide bonds. The van der Waals surface area contributed by atoms with Crippen LogP contribution in [0.25, 0.3) is 15.9 Å². The van der Waals surface area contributed by atoms with Gasteiger partial charge in [-0.2, -0.15) is 0 Å². The van der Waals surface area contributed by atoms with Gasteiger partial charge in [-0.05, 0) is 49.8 Å². The van der Waals surface area contributed by atoms with Gasteiger partial charge in [0.1, 0.15) is 10.5 Å². The van der Waals surface area contributed by atoms with Crippen molar-refractivity contribution < 1.29 is 0 Å². The zero-order valence-electron chi connectivity index (χ0n) is 15.8. The molecule has 4 aromatic heterocycles. The average Bonchev–Trinajstić information content (AvgIpc) is 3.02. The van der Waals surface area contributed by atoms with Crippen LogP contribution in [0.4, 0.5) is 0 Å². The van der Waals surface area contributed by atoms with E-state index in [2.05, 4.69) is 16.9 Å². The van der Waals surface area contributed by atoms with E-state index in [0.29, 0.717) is 17.3 Å². The highest BCUT2D eigenvalue weighted by Crippen LogP contribution is 2.35. The minimum absolute atomic E-state index is 0.0386. The molecule has 142 valence electrons. The molecule has 1 aliphatic carbocycles. The van der Waals surface area contributed by atoms with Gasteiger partial charge in [-0.25, -0.2) is 9.97 Å². The van der Waals surface area contributed by atoms with Crippen molar-refractivity contribution in [3.05, 3.63) is 73.1 Å². The molecule has 1 unspecified atom stereocenters. The predicted molar refractivity (Wildman–Crippen MR) is 110 cm³/mol. The van der Waals surface area contributed by atoms with Crippen molar-refractivity contribution in [2.24, 2.45) is 5.92 Å². The summed E-state index contributed by atoms with van der Waals surface area (Å²) in [5.74, 6) is 0.654. The Kier molecular flexibility index (Phi) is 3.94. The Morgan fingerprint density at radius 1 is 1.29 bits per heavy atom. The quantitative estimate of drug-likeness (QED) is 0.526. The fourth-order valence-electron chi connectivity index (χ4n) is 4.10. The lowest BCUT2D eigenvalue weighted by Crippen LogP contribution is -2.24. The van der Waals surface area contributed by atoms with E-state index in [1.165, 1.54) is 16.5 Å². The number of nitrogens with zero attached hydrogens (tertiary/aromatic N) is 4. The van der Waals surface area contributed by atoms with Crippen molar-refractivity contribution in [2.75, 3.05) is 0 Å². The maximum absolute atomic E-state index is 13.2. The predicted octanol–water partition coefficient (Wildman–Crippen LogP) is 2.95. The van der Waals surface area contributed by atoms with Gasteiger partial charge < -0.3 is 0 Å². The molecule has 5 rings (SSSR count). The molecule has 28 heavy (non-hydrogen) atoms. The number of hydrogen-bond acceptors (Lipinski definition) is 5. The largest absolute Gasteiger partial charge is 0.293 e. The van der Waals surface area contributed by atoms with Crippen LogP contribution in [0.1, 0.15) is 35.2 Å². The Balaban J connectivity index is 1.61. The van der Waals surface area contributed by atoms with Crippen LogP contribution < -0.4 is 11.1 Å². The third-order valence-corrected chi connectivity index (χ3v) is 6.71. The van der Waals surface area contributed by atoms with Crippen LogP contribution in [0.15, 0.2) is 40.2 Å². The summed E-state index contributed by atoms with van der Waals surface area (Å²) >= 11 is 1.65. The Hall–Kier alpha value is -2.80. The van der Waals surface area contributed by atoms with Gasteiger partial charge in [-0.15, -0.1) is 11.3 Å². The summed E-state index contributed by atoms with van der Waals surface area (Å²) in [7, 11) is 0. The number of pyridine rings is 1. The van der Waals surface area contributed by atoms with Crippen molar-refractivity contribution in [1.82, 2.24) is 18.9 Å². The lowest BCUT2D eigenvalue weighted by atomic mass is 9.89. The second-order valence-electron chi connectivity index (χ2n) is 7.66. The number of hydrogen-bond donors (Lipinski definition) is 0. The Bertz CT molecular complexity index is 1350. The Morgan fingerprint density at radius 2 is 2.14 bits per heavy atom. The lowest BCUT2D eigenvalue weighted by Gasteiger charge is -2.17. The number of aromatic nitrogens is 4. The standard InChI is InChI=1S/C21H20N4O2S/c1-12-6-7-15-16(8-12)28-20-19(15)21(27)24(11-22-20)10-14-9-18(26)25-13(2)4-3-5-17(25)23-14/h3-5,9,11-12H,6-8,10H2,1-2H3. The molecule has 0 aliphatic heterocycles. The smallest absolute Gasteiger partial charge is 0.262 e. The molecule has 0 saturated heterocycles. The molecule has 0 fully saturated rings. The highest BCUT2D eigenvalue weighted by molar-refractivity contribution is 7.18. The van der Waals surface area contributed by atoms with Crippen LogP contribution >= 0.6 is 11.3 Å². The van der Waals surface area contributed by atoms with E-state index in [1.807, 2.05) is 19.1 Å². The average molecular weight is 392 g/mol. The highest BCUT2D eigenvalue weighted by Gasteiger charge is 2.23. The molecule has 1 atom stereocenters. The molecule has 1 aliphatic rings. The van der Waals surface area contributed by atoms with Gasteiger partial charge >= 0.3 is 0 Å². The Labute approximate surface area is 165 Å². The summed E-state index contributed by atoms with van der Waals surface area (Å²) < 4.78 is 3.14. The first-order chi connectivity index (χ1) is 13.5. The van der Waals surface area contributed by atoms with Crippen LogP contribution in [-0.2, 0) is 19.4 Å². The summed E-state index contributed by atoms with van der Waals surface area (Å²) in [6.07, 6.45) is 4.65. The minimum atomic E-state index is -0.137. The van der Waals surface area contributed by atoms with Crippen molar-refractivity contribution in [3.63, 3.8) is 0 Å². The number of rotatable bonds is 2. The van der Waals surface area contributed by atoms with E-state index in [4.69, 9.17) is 0 Å². The van der Waals surface area contributed by atoms with Gasteiger partial charge in [0.15, 0.2) is 0 Å². The van der Waals surface area contributed by atoms with E-state index in [9.17, 15) is 9.59 Å². The first-order valence-electron chi connectivity index (χ1n) is 9.49. The molecule has 0 bridgehead atoms. The van der Waals surface area contributed by atoms with Crippen molar-refractivity contribution in [2.45, 2.75) is 39.7 Å². The van der Waals surface area contributed by atoms with E-state index in [0.717, 1.165) is 35.2 Å². The molecule has 0 saturated carbocycles. The topological polar surface area (TPSA) is 69.3 Å². The molecule has 4 aromatic rings. The van der Waals surface area contributed by atoms with Crippen LogP contribution in [-0.4, -0.2) is 18.9 Å². The maximum atomic E-state index is 13.2. The maximum Gasteiger partial charge on any atom is 0.262 e.